The van der Waals surface area contributed by atoms with E-state index in [2.05, 4.69) is 5.32 Å². The van der Waals surface area contributed by atoms with Crippen LogP contribution in [0.4, 0.5) is 5.69 Å². The van der Waals surface area contributed by atoms with Crippen LogP contribution in [0.3, 0.4) is 0 Å². The van der Waals surface area contributed by atoms with E-state index in [9.17, 15) is 5.11 Å². The largest absolute Gasteiger partial charge is 0.508 e. The molecule has 1 aromatic carbocycles. The molecule has 1 aliphatic carbocycles. The molecule has 14 heavy (non-hydrogen) atoms. The molecule has 76 valence electrons. The molecule has 0 atom stereocenters. The third-order valence-electron chi connectivity index (χ3n) is 3.02. The highest BCUT2D eigenvalue weighted by Crippen LogP contribution is 2.27. The molecule has 0 saturated heterocycles. The fraction of sp³-hybridized carbons (Fsp3) is 0.500. The van der Waals surface area contributed by atoms with E-state index >= 15 is 0 Å². The predicted octanol–water partition coefficient (Wildman–Crippen LogP) is 2.91. The van der Waals surface area contributed by atoms with Crippen LogP contribution in [0.2, 0.25) is 0 Å². The van der Waals surface area contributed by atoms with Gasteiger partial charge >= 0.3 is 0 Å². The average molecular weight is 191 g/mol. The van der Waals surface area contributed by atoms with Gasteiger partial charge in [-0.1, -0.05) is 6.42 Å². The standard InChI is InChI=1S/C12H17NO/c1-9-7-11(5-6-12(9)14)13-8-10-3-2-4-10/h5-7,10,13-14H,2-4,8H2,1H3. The second kappa shape index (κ2) is 3.91. The molecule has 0 heterocycles. The van der Waals surface area contributed by atoms with E-state index in [1.165, 1.54) is 19.3 Å². The fourth-order valence-corrected chi connectivity index (χ4v) is 1.72. The molecular weight excluding hydrogens is 174 g/mol. The molecule has 2 nitrogen and oxygen atoms in total. The van der Waals surface area contributed by atoms with Gasteiger partial charge in [-0.15, -0.1) is 0 Å². The van der Waals surface area contributed by atoms with Crippen molar-refractivity contribution in [3.05, 3.63) is 23.8 Å². The monoisotopic (exact) mass is 191 g/mol. The van der Waals surface area contributed by atoms with E-state index in [0.717, 1.165) is 23.7 Å². The molecule has 0 spiro atoms. The molecule has 0 aliphatic heterocycles. The number of rotatable bonds is 3. The summed E-state index contributed by atoms with van der Waals surface area (Å²) < 4.78 is 0. The molecule has 2 heteroatoms. The maximum absolute atomic E-state index is 9.35. The minimum Gasteiger partial charge on any atom is -0.508 e. The van der Waals surface area contributed by atoms with Gasteiger partial charge in [-0.3, -0.25) is 0 Å². The number of aryl methyl sites for hydroxylation is 1. The van der Waals surface area contributed by atoms with Gasteiger partial charge in [0, 0.05) is 12.2 Å². The van der Waals surface area contributed by atoms with Crippen LogP contribution in [0.15, 0.2) is 18.2 Å². The summed E-state index contributed by atoms with van der Waals surface area (Å²) >= 11 is 0. The van der Waals surface area contributed by atoms with Crippen LogP contribution in [-0.2, 0) is 0 Å². The molecule has 2 rings (SSSR count). The Bertz CT molecular complexity index is 318. The topological polar surface area (TPSA) is 32.3 Å². The van der Waals surface area contributed by atoms with Gasteiger partial charge < -0.3 is 10.4 Å². The number of nitrogens with one attached hydrogen (secondary N) is 1. The van der Waals surface area contributed by atoms with Crippen LogP contribution in [-0.4, -0.2) is 11.7 Å². The summed E-state index contributed by atoms with van der Waals surface area (Å²) in [4.78, 5) is 0. The number of phenolic OH excluding ortho intramolecular Hbond substituents is 1. The van der Waals surface area contributed by atoms with Gasteiger partial charge in [0.05, 0.1) is 0 Å². The Balaban J connectivity index is 1.91. The molecule has 1 aliphatic rings. The van der Waals surface area contributed by atoms with Crippen LogP contribution < -0.4 is 5.32 Å². The first-order chi connectivity index (χ1) is 6.75. The summed E-state index contributed by atoms with van der Waals surface area (Å²) in [6, 6.07) is 5.67. The van der Waals surface area contributed by atoms with Gasteiger partial charge in [-0.25, -0.2) is 0 Å². The first-order valence-corrected chi connectivity index (χ1v) is 5.29. The van der Waals surface area contributed by atoms with E-state index < -0.39 is 0 Å². The van der Waals surface area contributed by atoms with Crippen LogP contribution in [0, 0.1) is 12.8 Å². The molecule has 1 fully saturated rings. The fourth-order valence-electron chi connectivity index (χ4n) is 1.72. The third kappa shape index (κ3) is 2.00. The van der Waals surface area contributed by atoms with Crippen molar-refractivity contribution < 1.29 is 5.11 Å². The van der Waals surface area contributed by atoms with Gasteiger partial charge in [0.1, 0.15) is 5.75 Å². The summed E-state index contributed by atoms with van der Waals surface area (Å²) in [7, 11) is 0. The highest BCUT2D eigenvalue weighted by Gasteiger charge is 2.16. The molecule has 0 amide bonds. The minimum absolute atomic E-state index is 0.374. The Labute approximate surface area is 85.0 Å². The molecule has 0 aromatic heterocycles. The van der Waals surface area contributed by atoms with Crippen molar-refractivity contribution in [3.8, 4) is 5.75 Å². The highest BCUT2D eigenvalue weighted by molar-refractivity contribution is 5.50. The summed E-state index contributed by atoms with van der Waals surface area (Å²) in [6.07, 6.45) is 4.12. The number of aromatic hydroxyl groups is 1. The summed E-state index contributed by atoms with van der Waals surface area (Å²) in [5.41, 5.74) is 2.05. The zero-order chi connectivity index (χ0) is 9.97. The summed E-state index contributed by atoms with van der Waals surface area (Å²) in [5, 5.41) is 12.8. The molecule has 1 saturated carbocycles. The normalized spacial score (nSPS) is 16.4. The highest BCUT2D eigenvalue weighted by atomic mass is 16.3. The molecule has 0 bridgehead atoms. The third-order valence-corrected chi connectivity index (χ3v) is 3.02. The van der Waals surface area contributed by atoms with E-state index in [4.69, 9.17) is 0 Å². The lowest BCUT2D eigenvalue weighted by atomic mass is 9.85. The van der Waals surface area contributed by atoms with E-state index in [0.29, 0.717) is 5.75 Å². The lowest BCUT2D eigenvalue weighted by Gasteiger charge is -2.25. The van der Waals surface area contributed by atoms with Gasteiger partial charge in [-0.05, 0) is 49.4 Å². The van der Waals surface area contributed by atoms with Gasteiger partial charge in [0.25, 0.3) is 0 Å². The Morgan fingerprint density at radius 3 is 2.79 bits per heavy atom. The quantitative estimate of drug-likeness (QED) is 0.720. The number of phenols is 1. The van der Waals surface area contributed by atoms with Crippen LogP contribution in [0.1, 0.15) is 24.8 Å². The zero-order valence-electron chi connectivity index (χ0n) is 8.59. The van der Waals surface area contributed by atoms with E-state index in [-0.39, 0.29) is 0 Å². The Morgan fingerprint density at radius 1 is 1.43 bits per heavy atom. The van der Waals surface area contributed by atoms with Crippen molar-refractivity contribution in [1.82, 2.24) is 0 Å². The number of benzene rings is 1. The van der Waals surface area contributed by atoms with Crippen molar-refractivity contribution in [2.45, 2.75) is 26.2 Å². The Morgan fingerprint density at radius 2 is 2.21 bits per heavy atom. The van der Waals surface area contributed by atoms with Gasteiger partial charge in [0.15, 0.2) is 0 Å². The number of hydrogen-bond donors (Lipinski definition) is 2. The van der Waals surface area contributed by atoms with Gasteiger partial charge in [-0.2, -0.15) is 0 Å². The lowest BCUT2D eigenvalue weighted by Crippen LogP contribution is -2.20. The predicted molar refractivity (Wildman–Crippen MR) is 58.7 cm³/mol. The number of hydrogen-bond acceptors (Lipinski definition) is 2. The molecular formula is C12H17NO. The SMILES string of the molecule is Cc1cc(NCC2CCC2)ccc1O. The molecule has 0 unspecified atom stereocenters. The van der Waals surface area contributed by atoms with Crippen molar-refractivity contribution in [1.29, 1.82) is 0 Å². The molecule has 2 N–H and O–H groups in total. The lowest BCUT2D eigenvalue weighted by molar-refractivity contribution is 0.333. The van der Waals surface area contributed by atoms with Crippen molar-refractivity contribution in [2.24, 2.45) is 5.92 Å². The second-order valence-electron chi connectivity index (χ2n) is 4.18. The summed E-state index contributed by atoms with van der Waals surface area (Å²) in [5.74, 6) is 1.24. The Kier molecular flexibility index (Phi) is 2.62. The van der Waals surface area contributed by atoms with Crippen molar-refractivity contribution in [2.75, 3.05) is 11.9 Å². The van der Waals surface area contributed by atoms with Gasteiger partial charge in [0.2, 0.25) is 0 Å². The summed E-state index contributed by atoms with van der Waals surface area (Å²) in [6.45, 7) is 2.99. The van der Waals surface area contributed by atoms with Crippen molar-refractivity contribution in [3.63, 3.8) is 0 Å². The van der Waals surface area contributed by atoms with Crippen molar-refractivity contribution >= 4 is 5.69 Å². The van der Waals surface area contributed by atoms with Crippen LogP contribution in [0.25, 0.3) is 0 Å². The second-order valence-corrected chi connectivity index (χ2v) is 4.18. The first-order valence-electron chi connectivity index (χ1n) is 5.29. The number of anilines is 1. The minimum atomic E-state index is 0.374. The zero-order valence-corrected chi connectivity index (χ0v) is 8.59. The maximum atomic E-state index is 9.35. The van der Waals surface area contributed by atoms with Crippen LogP contribution >= 0.6 is 0 Å². The van der Waals surface area contributed by atoms with E-state index in [1.807, 2.05) is 19.1 Å². The molecule has 0 radical (unpaired) electrons. The van der Waals surface area contributed by atoms with Crippen LogP contribution in [0.5, 0.6) is 5.75 Å². The maximum Gasteiger partial charge on any atom is 0.118 e. The van der Waals surface area contributed by atoms with E-state index in [1.54, 1.807) is 6.07 Å². The Hall–Kier alpha value is -1.18. The average Bonchev–Trinajstić information content (AvgIpc) is 2.08. The first kappa shape index (κ1) is 9.38. The molecule has 1 aromatic rings. The smallest absolute Gasteiger partial charge is 0.118 e.